The molecule has 0 spiro atoms. The van der Waals surface area contributed by atoms with Gasteiger partial charge in [-0.25, -0.2) is 9.37 Å². The Kier molecular flexibility index (Phi) is 3.79. The number of hydrogen-bond donors (Lipinski definition) is 1. The summed E-state index contributed by atoms with van der Waals surface area (Å²) in [6.45, 7) is 1.86. The van der Waals surface area contributed by atoms with E-state index in [-0.39, 0.29) is 11.8 Å². The summed E-state index contributed by atoms with van der Waals surface area (Å²) in [7, 11) is 0. The van der Waals surface area contributed by atoms with Crippen molar-refractivity contribution >= 4 is 11.6 Å². The van der Waals surface area contributed by atoms with Gasteiger partial charge in [0.15, 0.2) is 11.6 Å². The molecule has 2 rings (SSSR count). The lowest BCUT2D eigenvalue weighted by atomic mass is 10.2. The number of benzene rings is 1. The summed E-state index contributed by atoms with van der Waals surface area (Å²) >= 11 is 5.65. The van der Waals surface area contributed by atoms with Crippen LogP contribution in [0.5, 0.6) is 11.6 Å². The molecule has 1 atom stereocenters. The molecular weight excluding hydrogens is 255 g/mol. The molecule has 5 heteroatoms. The van der Waals surface area contributed by atoms with Crippen LogP contribution < -0.4 is 10.5 Å². The van der Waals surface area contributed by atoms with Gasteiger partial charge in [-0.3, -0.25) is 0 Å². The topological polar surface area (TPSA) is 48.1 Å². The van der Waals surface area contributed by atoms with E-state index in [2.05, 4.69) is 4.98 Å². The summed E-state index contributed by atoms with van der Waals surface area (Å²) < 4.78 is 18.8. The average Bonchev–Trinajstić information content (AvgIpc) is 2.33. The van der Waals surface area contributed by atoms with Crippen LogP contribution in [0.2, 0.25) is 5.02 Å². The second kappa shape index (κ2) is 5.33. The SMILES string of the molecule is CC(N)c1ccc(Oc2ccc(Cl)cc2F)nc1. The molecule has 0 aliphatic rings. The van der Waals surface area contributed by atoms with Gasteiger partial charge in [-0.15, -0.1) is 0 Å². The monoisotopic (exact) mass is 266 g/mol. The summed E-state index contributed by atoms with van der Waals surface area (Å²) in [6.07, 6.45) is 1.60. The van der Waals surface area contributed by atoms with Crippen molar-refractivity contribution in [3.63, 3.8) is 0 Å². The fraction of sp³-hybridized carbons (Fsp3) is 0.154. The van der Waals surface area contributed by atoms with E-state index in [1.807, 2.05) is 6.92 Å². The Bertz CT molecular complexity index is 543. The Morgan fingerprint density at radius 3 is 2.67 bits per heavy atom. The van der Waals surface area contributed by atoms with Gasteiger partial charge in [0.05, 0.1) is 0 Å². The minimum atomic E-state index is -0.527. The van der Waals surface area contributed by atoms with Crippen molar-refractivity contribution in [2.24, 2.45) is 5.73 Å². The summed E-state index contributed by atoms with van der Waals surface area (Å²) in [5.41, 5.74) is 6.59. The molecule has 0 fully saturated rings. The molecule has 3 nitrogen and oxygen atoms in total. The lowest BCUT2D eigenvalue weighted by Crippen LogP contribution is -2.05. The second-order valence-electron chi connectivity index (χ2n) is 3.90. The van der Waals surface area contributed by atoms with Crippen LogP contribution in [0.1, 0.15) is 18.5 Å². The minimum Gasteiger partial charge on any atom is -0.436 e. The molecule has 1 aromatic carbocycles. The largest absolute Gasteiger partial charge is 0.436 e. The first-order chi connectivity index (χ1) is 8.56. The Morgan fingerprint density at radius 1 is 1.33 bits per heavy atom. The van der Waals surface area contributed by atoms with E-state index >= 15 is 0 Å². The van der Waals surface area contributed by atoms with Crippen LogP contribution in [0, 0.1) is 5.82 Å². The summed E-state index contributed by atoms with van der Waals surface area (Å²) in [6, 6.07) is 7.54. The van der Waals surface area contributed by atoms with Crippen molar-refractivity contribution in [2.45, 2.75) is 13.0 Å². The third kappa shape index (κ3) is 2.97. The molecule has 2 N–H and O–H groups in total. The smallest absolute Gasteiger partial charge is 0.219 e. The van der Waals surface area contributed by atoms with Crippen LogP contribution in [0.4, 0.5) is 4.39 Å². The van der Waals surface area contributed by atoms with Crippen LogP contribution in [0.3, 0.4) is 0 Å². The van der Waals surface area contributed by atoms with E-state index in [1.54, 1.807) is 24.4 Å². The first-order valence-corrected chi connectivity index (χ1v) is 5.78. The molecule has 0 aliphatic heterocycles. The van der Waals surface area contributed by atoms with Gasteiger partial charge < -0.3 is 10.5 Å². The van der Waals surface area contributed by atoms with E-state index in [9.17, 15) is 4.39 Å². The first-order valence-electron chi connectivity index (χ1n) is 5.40. The molecule has 18 heavy (non-hydrogen) atoms. The maximum absolute atomic E-state index is 13.5. The maximum Gasteiger partial charge on any atom is 0.219 e. The molecule has 0 aliphatic carbocycles. The van der Waals surface area contributed by atoms with Crippen molar-refractivity contribution < 1.29 is 9.13 Å². The maximum atomic E-state index is 13.5. The first kappa shape index (κ1) is 12.8. The van der Waals surface area contributed by atoms with Crippen LogP contribution in [0.25, 0.3) is 0 Å². The van der Waals surface area contributed by atoms with Crippen LogP contribution >= 0.6 is 11.6 Å². The molecule has 0 saturated heterocycles. The van der Waals surface area contributed by atoms with Crippen molar-refractivity contribution in [3.05, 3.63) is 52.9 Å². The Labute approximate surface area is 109 Å². The fourth-order valence-electron chi connectivity index (χ4n) is 1.39. The third-order valence-electron chi connectivity index (χ3n) is 2.39. The quantitative estimate of drug-likeness (QED) is 0.922. The number of hydrogen-bond acceptors (Lipinski definition) is 3. The molecule has 1 unspecified atom stereocenters. The number of rotatable bonds is 3. The Hall–Kier alpha value is -1.65. The van der Waals surface area contributed by atoms with Gasteiger partial charge in [-0.05, 0) is 30.7 Å². The van der Waals surface area contributed by atoms with Crippen LogP contribution in [-0.2, 0) is 0 Å². The predicted octanol–water partition coefficient (Wildman–Crippen LogP) is 3.69. The summed E-state index contributed by atoms with van der Waals surface area (Å²) in [5.74, 6) is -0.137. The second-order valence-corrected chi connectivity index (χ2v) is 4.33. The van der Waals surface area contributed by atoms with Gasteiger partial charge in [0.1, 0.15) is 0 Å². The zero-order valence-corrected chi connectivity index (χ0v) is 10.5. The predicted molar refractivity (Wildman–Crippen MR) is 68.3 cm³/mol. The summed E-state index contributed by atoms with van der Waals surface area (Å²) in [4.78, 5) is 4.06. The van der Waals surface area contributed by atoms with Gasteiger partial charge in [-0.2, -0.15) is 0 Å². The van der Waals surface area contributed by atoms with Crippen molar-refractivity contribution in [2.75, 3.05) is 0 Å². The number of halogens is 2. The number of aromatic nitrogens is 1. The molecular formula is C13H12ClFN2O. The molecule has 1 aromatic heterocycles. The molecule has 0 bridgehead atoms. The van der Waals surface area contributed by atoms with E-state index in [4.69, 9.17) is 22.1 Å². The van der Waals surface area contributed by atoms with Gasteiger partial charge >= 0.3 is 0 Å². The molecule has 94 valence electrons. The number of pyridine rings is 1. The Balaban J connectivity index is 2.18. The lowest BCUT2D eigenvalue weighted by Gasteiger charge is -2.08. The zero-order chi connectivity index (χ0) is 13.1. The van der Waals surface area contributed by atoms with Crippen LogP contribution in [-0.4, -0.2) is 4.98 Å². The van der Waals surface area contributed by atoms with Crippen molar-refractivity contribution in [3.8, 4) is 11.6 Å². The van der Waals surface area contributed by atoms with Crippen molar-refractivity contribution in [1.29, 1.82) is 0 Å². The normalized spacial score (nSPS) is 12.2. The highest BCUT2D eigenvalue weighted by Gasteiger charge is 2.07. The van der Waals surface area contributed by atoms with Gasteiger partial charge in [0, 0.05) is 23.3 Å². The highest BCUT2D eigenvalue weighted by Crippen LogP contribution is 2.25. The molecule has 0 saturated carbocycles. The molecule has 2 aromatic rings. The van der Waals surface area contributed by atoms with E-state index < -0.39 is 5.82 Å². The standard InChI is InChI=1S/C13H12ClFN2O/c1-8(16)9-2-5-13(17-7-9)18-12-4-3-10(14)6-11(12)15/h2-8H,16H2,1H3. The van der Waals surface area contributed by atoms with Gasteiger partial charge in [0.2, 0.25) is 5.88 Å². The minimum absolute atomic E-state index is 0.0837. The van der Waals surface area contributed by atoms with Gasteiger partial charge in [0.25, 0.3) is 0 Å². The lowest BCUT2D eigenvalue weighted by molar-refractivity contribution is 0.427. The average molecular weight is 267 g/mol. The summed E-state index contributed by atoms with van der Waals surface area (Å²) in [5, 5.41) is 0.320. The molecule has 1 heterocycles. The van der Waals surface area contributed by atoms with E-state index in [0.29, 0.717) is 10.9 Å². The number of nitrogens with two attached hydrogens (primary N) is 1. The third-order valence-corrected chi connectivity index (χ3v) is 2.63. The fourth-order valence-corrected chi connectivity index (χ4v) is 1.55. The van der Waals surface area contributed by atoms with Crippen molar-refractivity contribution in [1.82, 2.24) is 4.98 Å². The van der Waals surface area contributed by atoms with Crippen LogP contribution in [0.15, 0.2) is 36.5 Å². The highest BCUT2D eigenvalue weighted by molar-refractivity contribution is 6.30. The number of ether oxygens (including phenoxy) is 1. The van der Waals surface area contributed by atoms with E-state index in [0.717, 1.165) is 5.56 Å². The number of nitrogens with zero attached hydrogens (tertiary/aromatic N) is 1. The molecule has 0 radical (unpaired) electrons. The Morgan fingerprint density at radius 2 is 2.11 bits per heavy atom. The van der Waals surface area contributed by atoms with E-state index in [1.165, 1.54) is 12.1 Å². The molecule has 0 amide bonds. The van der Waals surface area contributed by atoms with Gasteiger partial charge in [-0.1, -0.05) is 17.7 Å². The highest BCUT2D eigenvalue weighted by atomic mass is 35.5. The zero-order valence-electron chi connectivity index (χ0n) is 9.73.